The van der Waals surface area contributed by atoms with E-state index in [1.54, 1.807) is 0 Å². The molecule has 0 amide bonds. The summed E-state index contributed by atoms with van der Waals surface area (Å²) in [6.07, 6.45) is 2.59. The molecule has 21 heavy (non-hydrogen) atoms. The van der Waals surface area contributed by atoms with Crippen molar-refractivity contribution in [2.24, 2.45) is 0 Å². The molecule has 5 nitrogen and oxygen atoms in total. The number of benzene rings is 1. The quantitative estimate of drug-likeness (QED) is 0.848. The molecule has 1 saturated carbocycles. The van der Waals surface area contributed by atoms with Gasteiger partial charge in [0, 0.05) is 18.5 Å². The van der Waals surface area contributed by atoms with Gasteiger partial charge in [0.05, 0.1) is 0 Å². The highest BCUT2D eigenvalue weighted by Gasteiger charge is 2.19. The first-order chi connectivity index (χ1) is 10.2. The number of hydrogen-bond acceptors (Lipinski definition) is 5. The molecule has 1 aromatic carbocycles. The van der Waals surface area contributed by atoms with E-state index in [0.717, 1.165) is 18.1 Å². The average Bonchev–Trinajstić information content (AvgIpc) is 3.19. The Hall–Kier alpha value is -1.88. The van der Waals surface area contributed by atoms with Gasteiger partial charge in [0.15, 0.2) is 12.4 Å². The zero-order valence-electron chi connectivity index (χ0n) is 12.5. The van der Waals surface area contributed by atoms with Crippen molar-refractivity contribution < 1.29 is 9.26 Å². The normalized spacial score (nSPS) is 14.6. The van der Waals surface area contributed by atoms with Gasteiger partial charge < -0.3 is 14.6 Å². The van der Waals surface area contributed by atoms with Crippen molar-refractivity contribution >= 4 is 0 Å². The second kappa shape index (κ2) is 6.26. The van der Waals surface area contributed by atoms with Crippen LogP contribution in [0.25, 0.3) is 0 Å². The molecule has 0 spiro atoms. The van der Waals surface area contributed by atoms with Crippen LogP contribution >= 0.6 is 0 Å². The van der Waals surface area contributed by atoms with Crippen molar-refractivity contribution in [1.29, 1.82) is 0 Å². The monoisotopic (exact) mass is 287 g/mol. The van der Waals surface area contributed by atoms with Crippen LogP contribution in [-0.2, 0) is 13.2 Å². The number of hydrogen-bond donors (Lipinski definition) is 1. The minimum absolute atomic E-state index is 0.263. The van der Waals surface area contributed by atoms with Crippen molar-refractivity contribution in [3.05, 3.63) is 41.5 Å². The van der Waals surface area contributed by atoms with Crippen LogP contribution in [0.4, 0.5) is 0 Å². The third-order valence-electron chi connectivity index (χ3n) is 3.43. The van der Waals surface area contributed by atoms with Gasteiger partial charge in [-0.05, 0) is 30.5 Å². The second-order valence-electron chi connectivity index (χ2n) is 5.79. The predicted octanol–water partition coefficient (Wildman–Crippen LogP) is 3.02. The van der Waals surface area contributed by atoms with Crippen LogP contribution in [0.15, 0.2) is 28.8 Å². The third-order valence-corrected chi connectivity index (χ3v) is 3.43. The van der Waals surface area contributed by atoms with Crippen LogP contribution in [0.3, 0.4) is 0 Å². The molecule has 0 atom stereocenters. The molecule has 0 unspecified atom stereocenters. The first kappa shape index (κ1) is 14.1. The highest BCUT2D eigenvalue weighted by atomic mass is 16.5. The molecule has 0 aliphatic heterocycles. The van der Waals surface area contributed by atoms with Crippen LogP contribution in [0.5, 0.6) is 5.75 Å². The SMILES string of the molecule is CC(C)c1noc(COc2cccc(CNC3CC3)c2)n1. The van der Waals surface area contributed by atoms with E-state index in [-0.39, 0.29) is 5.92 Å². The molecule has 1 aliphatic rings. The molecule has 1 aliphatic carbocycles. The van der Waals surface area contributed by atoms with Crippen molar-refractivity contribution in [2.45, 2.75) is 51.8 Å². The summed E-state index contributed by atoms with van der Waals surface area (Å²) in [6.45, 7) is 5.26. The molecular formula is C16H21N3O2. The van der Waals surface area contributed by atoms with Gasteiger partial charge in [0.1, 0.15) is 5.75 Å². The Bertz CT molecular complexity index is 591. The lowest BCUT2D eigenvalue weighted by Crippen LogP contribution is -2.15. The molecule has 0 saturated heterocycles. The zero-order valence-corrected chi connectivity index (χ0v) is 12.5. The summed E-state index contributed by atoms with van der Waals surface area (Å²) in [5.41, 5.74) is 1.23. The Morgan fingerprint density at radius 3 is 2.95 bits per heavy atom. The fourth-order valence-corrected chi connectivity index (χ4v) is 2.00. The predicted molar refractivity (Wildman–Crippen MR) is 79.0 cm³/mol. The van der Waals surface area contributed by atoms with Crippen LogP contribution in [0.1, 0.15) is 49.9 Å². The van der Waals surface area contributed by atoms with Crippen molar-refractivity contribution in [1.82, 2.24) is 15.5 Å². The van der Waals surface area contributed by atoms with Gasteiger partial charge in [0.2, 0.25) is 0 Å². The zero-order chi connectivity index (χ0) is 14.7. The van der Waals surface area contributed by atoms with Crippen LogP contribution in [0, 0.1) is 0 Å². The summed E-state index contributed by atoms with van der Waals surface area (Å²) < 4.78 is 10.9. The summed E-state index contributed by atoms with van der Waals surface area (Å²) in [4.78, 5) is 4.30. The lowest BCUT2D eigenvalue weighted by molar-refractivity contribution is 0.242. The first-order valence-corrected chi connectivity index (χ1v) is 7.48. The Balaban J connectivity index is 1.54. The molecule has 1 fully saturated rings. The average molecular weight is 287 g/mol. The molecule has 1 N–H and O–H groups in total. The highest BCUT2D eigenvalue weighted by Crippen LogP contribution is 2.20. The fraction of sp³-hybridized carbons (Fsp3) is 0.500. The molecule has 112 valence electrons. The van der Waals surface area contributed by atoms with Gasteiger partial charge in [-0.25, -0.2) is 0 Å². The topological polar surface area (TPSA) is 60.2 Å². The van der Waals surface area contributed by atoms with Gasteiger partial charge >= 0.3 is 0 Å². The van der Waals surface area contributed by atoms with Crippen LogP contribution in [0.2, 0.25) is 0 Å². The summed E-state index contributed by atoms with van der Waals surface area (Å²) >= 11 is 0. The standard InChI is InChI=1S/C16H21N3O2/c1-11(2)16-18-15(21-19-16)10-20-14-5-3-4-12(8-14)9-17-13-6-7-13/h3-5,8,11,13,17H,6-7,9-10H2,1-2H3. The molecule has 2 aromatic rings. The molecule has 0 bridgehead atoms. The molecule has 3 rings (SSSR count). The van der Waals surface area contributed by atoms with Gasteiger partial charge in [-0.15, -0.1) is 0 Å². The van der Waals surface area contributed by atoms with Gasteiger partial charge in [-0.1, -0.05) is 31.1 Å². The lowest BCUT2D eigenvalue weighted by Gasteiger charge is -2.07. The van der Waals surface area contributed by atoms with E-state index in [1.165, 1.54) is 18.4 Å². The number of nitrogens with one attached hydrogen (secondary N) is 1. The van der Waals surface area contributed by atoms with Crippen molar-refractivity contribution in [3.8, 4) is 5.75 Å². The molecule has 1 aromatic heterocycles. The Morgan fingerprint density at radius 1 is 1.38 bits per heavy atom. The van der Waals surface area contributed by atoms with Gasteiger partial charge in [-0.3, -0.25) is 0 Å². The maximum atomic E-state index is 5.72. The summed E-state index contributed by atoms with van der Waals surface area (Å²) in [7, 11) is 0. The number of rotatable bonds is 7. The number of nitrogens with zero attached hydrogens (tertiary/aromatic N) is 2. The van der Waals surface area contributed by atoms with Gasteiger partial charge in [0.25, 0.3) is 5.89 Å². The highest BCUT2D eigenvalue weighted by molar-refractivity contribution is 5.28. The van der Waals surface area contributed by atoms with E-state index in [4.69, 9.17) is 9.26 Å². The Kier molecular flexibility index (Phi) is 4.20. The molecule has 1 heterocycles. The maximum Gasteiger partial charge on any atom is 0.264 e. The minimum Gasteiger partial charge on any atom is -0.484 e. The lowest BCUT2D eigenvalue weighted by atomic mass is 10.2. The fourth-order valence-electron chi connectivity index (χ4n) is 2.00. The van der Waals surface area contributed by atoms with Crippen molar-refractivity contribution in [2.75, 3.05) is 0 Å². The Labute approximate surface area is 124 Å². The van der Waals surface area contributed by atoms with Crippen LogP contribution < -0.4 is 10.1 Å². The second-order valence-corrected chi connectivity index (χ2v) is 5.79. The minimum atomic E-state index is 0.263. The van der Waals surface area contributed by atoms with E-state index in [0.29, 0.717) is 18.5 Å². The summed E-state index contributed by atoms with van der Waals surface area (Å²) in [5.74, 6) is 2.32. The Morgan fingerprint density at radius 2 is 2.24 bits per heavy atom. The van der Waals surface area contributed by atoms with E-state index < -0.39 is 0 Å². The first-order valence-electron chi connectivity index (χ1n) is 7.48. The number of ether oxygens (including phenoxy) is 1. The van der Waals surface area contributed by atoms with E-state index >= 15 is 0 Å². The molecular weight excluding hydrogens is 266 g/mol. The number of aromatic nitrogens is 2. The maximum absolute atomic E-state index is 5.72. The van der Waals surface area contributed by atoms with Gasteiger partial charge in [-0.2, -0.15) is 4.98 Å². The van der Waals surface area contributed by atoms with E-state index in [9.17, 15) is 0 Å². The summed E-state index contributed by atoms with van der Waals surface area (Å²) in [6, 6.07) is 8.82. The molecule has 0 radical (unpaired) electrons. The van der Waals surface area contributed by atoms with E-state index in [2.05, 4.69) is 27.6 Å². The smallest absolute Gasteiger partial charge is 0.264 e. The molecule has 5 heteroatoms. The van der Waals surface area contributed by atoms with E-state index in [1.807, 2.05) is 26.0 Å². The largest absolute Gasteiger partial charge is 0.484 e. The third kappa shape index (κ3) is 4.04. The van der Waals surface area contributed by atoms with Crippen molar-refractivity contribution in [3.63, 3.8) is 0 Å². The summed E-state index contributed by atoms with van der Waals surface area (Å²) in [5, 5.41) is 7.42. The van der Waals surface area contributed by atoms with Crippen LogP contribution in [-0.4, -0.2) is 16.2 Å².